The zero-order chi connectivity index (χ0) is 16.7. The van der Waals surface area contributed by atoms with Crippen LogP contribution in [0.5, 0.6) is 5.75 Å². The number of ether oxygens (including phenoxy) is 1. The molecule has 1 atom stereocenters. The summed E-state index contributed by atoms with van der Waals surface area (Å²) in [6, 6.07) is 17.4. The van der Waals surface area contributed by atoms with Gasteiger partial charge >= 0.3 is 5.97 Å². The van der Waals surface area contributed by atoms with Gasteiger partial charge in [0.2, 0.25) is 0 Å². The van der Waals surface area contributed by atoms with E-state index in [0.29, 0.717) is 13.0 Å². The minimum absolute atomic E-state index is 0.162. The lowest BCUT2D eigenvalue weighted by atomic mass is 9.76. The van der Waals surface area contributed by atoms with Crippen molar-refractivity contribution in [3.8, 4) is 5.75 Å². The Morgan fingerprint density at radius 3 is 2.13 bits per heavy atom. The van der Waals surface area contributed by atoms with Crippen LogP contribution in [0.25, 0.3) is 0 Å². The Bertz CT molecular complexity index is 619. The number of rotatable bonds is 7. The number of carbonyl (C=O) groups excluding carboxylic acids is 1. The first-order valence-electron chi connectivity index (χ1n) is 7.98. The Labute approximate surface area is 137 Å². The van der Waals surface area contributed by atoms with Crippen LogP contribution >= 0.6 is 0 Å². The third kappa shape index (κ3) is 5.44. The highest BCUT2D eigenvalue weighted by atomic mass is 16.5. The molecule has 0 aromatic heterocycles. The fourth-order valence-electron chi connectivity index (χ4n) is 2.94. The predicted molar refractivity (Wildman–Crippen MR) is 91.3 cm³/mol. The lowest BCUT2D eigenvalue weighted by Crippen LogP contribution is -2.27. The summed E-state index contributed by atoms with van der Waals surface area (Å²) in [6.07, 6.45) is 1.92. The molecule has 2 rings (SSSR count). The fraction of sp³-hybridized carbons (Fsp3) is 0.350. The molecule has 122 valence electrons. The zero-order valence-electron chi connectivity index (χ0n) is 13.8. The standard InChI is InChI=1S/C20H24O3/c1-3-23-19(22)15-20(2,13-16-7-5-4-6-8-16)14-17-9-11-18(21)12-10-17/h4-12,21H,3,13-15H2,1-2H3. The van der Waals surface area contributed by atoms with Gasteiger partial charge in [0.1, 0.15) is 5.75 Å². The predicted octanol–water partition coefficient (Wildman–Crippen LogP) is 4.14. The van der Waals surface area contributed by atoms with Crippen LogP contribution < -0.4 is 0 Å². The zero-order valence-corrected chi connectivity index (χ0v) is 13.8. The minimum Gasteiger partial charge on any atom is -0.508 e. The molecule has 1 N–H and O–H groups in total. The van der Waals surface area contributed by atoms with Crippen LogP contribution in [0.2, 0.25) is 0 Å². The van der Waals surface area contributed by atoms with Gasteiger partial charge in [0.05, 0.1) is 13.0 Å². The lowest BCUT2D eigenvalue weighted by molar-refractivity contribution is -0.145. The van der Waals surface area contributed by atoms with E-state index in [0.717, 1.165) is 18.4 Å². The molecule has 0 fully saturated rings. The Balaban J connectivity index is 2.18. The van der Waals surface area contributed by atoms with Crippen molar-refractivity contribution in [3.05, 3.63) is 65.7 Å². The van der Waals surface area contributed by atoms with E-state index in [1.54, 1.807) is 12.1 Å². The van der Waals surface area contributed by atoms with Crippen molar-refractivity contribution < 1.29 is 14.6 Å². The van der Waals surface area contributed by atoms with Crippen LogP contribution in [-0.2, 0) is 22.4 Å². The third-order valence-corrected chi connectivity index (χ3v) is 3.92. The number of hydrogen-bond acceptors (Lipinski definition) is 3. The van der Waals surface area contributed by atoms with Crippen LogP contribution in [0, 0.1) is 5.41 Å². The summed E-state index contributed by atoms with van der Waals surface area (Å²) >= 11 is 0. The highest BCUT2D eigenvalue weighted by Gasteiger charge is 2.29. The maximum absolute atomic E-state index is 12.0. The van der Waals surface area contributed by atoms with Crippen molar-refractivity contribution in [2.75, 3.05) is 6.61 Å². The summed E-state index contributed by atoms with van der Waals surface area (Å²) in [5.74, 6) is 0.0913. The van der Waals surface area contributed by atoms with E-state index in [2.05, 4.69) is 19.1 Å². The van der Waals surface area contributed by atoms with Gasteiger partial charge in [0, 0.05) is 0 Å². The summed E-state index contributed by atoms with van der Waals surface area (Å²) in [6.45, 7) is 4.34. The summed E-state index contributed by atoms with van der Waals surface area (Å²) < 4.78 is 5.15. The van der Waals surface area contributed by atoms with Gasteiger partial charge in [0.15, 0.2) is 0 Å². The minimum atomic E-state index is -0.232. The van der Waals surface area contributed by atoms with Gasteiger partial charge in [-0.25, -0.2) is 0 Å². The van der Waals surface area contributed by atoms with Crippen molar-refractivity contribution in [2.24, 2.45) is 5.41 Å². The molecule has 0 heterocycles. The molecule has 0 spiro atoms. The summed E-state index contributed by atoms with van der Waals surface area (Å²) in [5, 5.41) is 9.43. The Kier molecular flexibility index (Phi) is 5.80. The molecule has 0 aliphatic carbocycles. The number of benzene rings is 2. The van der Waals surface area contributed by atoms with Crippen LogP contribution in [-0.4, -0.2) is 17.7 Å². The summed E-state index contributed by atoms with van der Waals surface area (Å²) in [5.41, 5.74) is 2.08. The van der Waals surface area contributed by atoms with Gasteiger partial charge in [-0.3, -0.25) is 4.79 Å². The first-order chi connectivity index (χ1) is 11.0. The van der Waals surface area contributed by atoms with Crippen LogP contribution in [0.3, 0.4) is 0 Å². The van der Waals surface area contributed by atoms with E-state index >= 15 is 0 Å². The molecular formula is C20H24O3. The molecule has 0 bridgehead atoms. The monoisotopic (exact) mass is 312 g/mol. The van der Waals surface area contributed by atoms with Crippen LogP contribution in [0.15, 0.2) is 54.6 Å². The maximum Gasteiger partial charge on any atom is 0.306 e. The van der Waals surface area contributed by atoms with Crippen molar-refractivity contribution in [3.63, 3.8) is 0 Å². The Morgan fingerprint density at radius 1 is 1.00 bits per heavy atom. The third-order valence-electron chi connectivity index (χ3n) is 3.92. The molecule has 2 aromatic rings. The smallest absolute Gasteiger partial charge is 0.306 e. The highest BCUT2D eigenvalue weighted by molar-refractivity contribution is 5.70. The van der Waals surface area contributed by atoms with Gasteiger partial charge in [-0.05, 0) is 48.4 Å². The average molecular weight is 312 g/mol. The van der Waals surface area contributed by atoms with E-state index in [-0.39, 0.29) is 17.1 Å². The first kappa shape index (κ1) is 17.1. The number of esters is 1. The first-order valence-corrected chi connectivity index (χ1v) is 7.98. The molecular weight excluding hydrogens is 288 g/mol. The topological polar surface area (TPSA) is 46.5 Å². The number of carbonyl (C=O) groups is 1. The lowest BCUT2D eigenvalue weighted by Gasteiger charge is -2.29. The molecule has 0 saturated carbocycles. The molecule has 0 aliphatic rings. The number of hydrogen-bond donors (Lipinski definition) is 1. The number of aromatic hydroxyl groups is 1. The fourth-order valence-corrected chi connectivity index (χ4v) is 2.94. The molecule has 23 heavy (non-hydrogen) atoms. The highest BCUT2D eigenvalue weighted by Crippen LogP contribution is 2.32. The molecule has 0 amide bonds. The van der Waals surface area contributed by atoms with Crippen LogP contribution in [0.1, 0.15) is 31.4 Å². The molecule has 0 aliphatic heterocycles. The van der Waals surface area contributed by atoms with Crippen molar-refractivity contribution >= 4 is 5.97 Å². The van der Waals surface area contributed by atoms with Gasteiger partial charge in [-0.1, -0.05) is 49.4 Å². The second-order valence-corrected chi connectivity index (χ2v) is 6.30. The van der Waals surface area contributed by atoms with Crippen molar-refractivity contribution in [1.82, 2.24) is 0 Å². The summed E-state index contributed by atoms with van der Waals surface area (Å²) in [7, 11) is 0. The number of phenols is 1. The van der Waals surface area contributed by atoms with E-state index in [1.807, 2.05) is 37.3 Å². The molecule has 1 unspecified atom stereocenters. The SMILES string of the molecule is CCOC(=O)CC(C)(Cc1ccccc1)Cc1ccc(O)cc1. The second-order valence-electron chi connectivity index (χ2n) is 6.30. The Hall–Kier alpha value is -2.29. The molecule has 3 heteroatoms. The van der Waals surface area contributed by atoms with E-state index in [1.165, 1.54) is 5.56 Å². The van der Waals surface area contributed by atoms with Gasteiger partial charge in [-0.2, -0.15) is 0 Å². The van der Waals surface area contributed by atoms with E-state index in [9.17, 15) is 9.90 Å². The van der Waals surface area contributed by atoms with Gasteiger partial charge in [0.25, 0.3) is 0 Å². The van der Waals surface area contributed by atoms with Crippen LogP contribution in [0.4, 0.5) is 0 Å². The van der Waals surface area contributed by atoms with Crippen molar-refractivity contribution in [2.45, 2.75) is 33.1 Å². The molecule has 2 aromatic carbocycles. The van der Waals surface area contributed by atoms with Gasteiger partial charge < -0.3 is 9.84 Å². The quantitative estimate of drug-likeness (QED) is 0.782. The molecule has 0 radical (unpaired) electrons. The largest absolute Gasteiger partial charge is 0.508 e. The van der Waals surface area contributed by atoms with Crippen molar-refractivity contribution in [1.29, 1.82) is 0 Å². The van der Waals surface area contributed by atoms with E-state index < -0.39 is 0 Å². The maximum atomic E-state index is 12.0. The average Bonchev–Trinajstić information content (AvgIpc) is 2.50. The van der Waals surface area contributed by atoms with E-state index in [4.69, 9.17) is 4.74 Å². The normalized spacial score (nSPS) is 13.3. The summed E-state index contributed by atoms with van der Waals surface area (Å²) in [4.78, 5) is 12.0. The molecule has 3 nitrogen and oxygen atoms in total. The van der Waals surface area contributed by atoms with Gasteiger partial charge in [-0.15, -0.1) is 0 Å². The Morgan fingerprint density at radius 2 is 1.57 bits per heavy atom. The number of phenolic OH excluding ortho intramolecular Hbond substituents is 1. The second kappa shape index (κ2) is 7.82. The molecule has 0 saturated heterocycles.